The Morgan fingerprint density at radius 3 is 2.79 bits per heavy atom. The number of amidine groups is 1. The number of carbonyl (C=O) groups excluding carboxylic acids is 1. The molecule has 8 heteroatoms. The van der Waals surface area contributed by atoms with Crippen LogP contribution in [0.3, 0.4) is 0 Å². The molecule has 0 aromatic heterocycles. The predicted molar refractivity (Wildman–Crippen MR) is 102 cm³/mol. The largest absolute Gasteiger partial charge is 0.457 e. The van der Waals surface area contributed by atoms with Gasteiger partial charge in [0.25, 0.3) is 10.0 Å². The zero-order valence-corrected chi connectivity index (χ0v) is 15.9. The molecule has 0 bridgehead atoms. The van der Waals surface area contributed by atoms with Gasteiger partial charge < -0.3 is 9.64 Å². The zero-order chi connectivity index (χ0) is 19.7. The maximum absolute atomic E-state index is 13.7. The summed E-state index contributed by atoms with van der Waals surface area (Å²) in [7, 11) is -3.88. The van der Waals surface area contributed by atoms with Gasteiger partial charge in [-0.05, 0) is 37.1 Å². The topological polar surface area (TPSA) is 76.0 Å². The van der Waals surface area contributed by atoms with Crippen molar-refractivity contribution in [3.05, 3.63) is 59.4 Å². The van der Waals surface area contributed by atoms with E-state index in [2.05, 4.69) is 4.40 Å². The number of halogens is 1. The number of fused-ring (bicyclic) bond motifs is 3. The number of rotatable bonds is 3. The molecule has 0 atom stereocenters. The van der Waals surface area contributed by atoms with Gasteiger partial charge in [-0.25, -0.2) is 9.18 Å². The molecule has 0 aliphatic carbocycles. The molecule has 2 aliphatic heterocycles. The lowest BCUT2D eigenvalue weighted by molar-refractivity contribution is 0.0468. The number of sulfonamides is 1. The summed E-state index contributed by atoms with van der Waals surface area (Å²) in [4.78, 5) is 14.3. The summed E-state index contributed by atoms with van der Waals surface area (Å²) in [5.41, 5.74) is 0.880. The number of nitrogens with zero attached hydrogens (tertiary/aromatic N) is 2. The number of carbonyl (C=O) groups is 1. The van der Waals surface area contributed by atoms with Crippen molar-refractivity contribution in [3.63, 3.8) is 0 Å². The molecule has 0 N–H and O–H groups in total. The van der Waals surface area contributed by atoms with Crippen LogP contribution in [-0.4, -0.2) is 26.8 Å². The first-order valence-electron chi connectivity index (χ1n) is 9.12. The van der Waals surface area contributed by atoms with Crippen LogP contribution in [0.15, 0.2) is 51.8 Å². The van der Waals surface area contributed by atoms with Crippen LogP contribution in [0.5, 0.6) is 0 Å². The SMILES string of the molecule is O=C(OCc1ccccc1F)c1ccc2c(c1)S(=O)(=O)N=C1CCCCCN12. The van der Waals surface area contributed by atoms with E-state index in [-0.39, 0.29) is 22.6 Å². The van der Waals surface area contributed by atoms with Gasteiger partial charge in [0.2, 0.25) is 0 Å². The van der Waals surface area contributed by atoms with Crippen LogP contribution in [0, 0.1) is 5.82 Å². The molecule has 1 fully saturated rings. The fourth-order valence-corrected chi connectivity index (χ4v) is 4.73. The average molecular weight is 402 g/mol. The normalized spacial score (nSPS) is 17.8. The average Bonchev–Trinajstić information content (AvgIpc) is 2.91. The van der Waals surface area contributed by atoms with Crippen molar-refractivity contribution in [2.45, 2.75) is 37.2 Å². The second kappa shape index (κ2) is 7.35. The van der Waals surface area contributed by atoms with E-state index in [4.69, 9.17) is 4.74 Å². The monoisotopic (exact) mass is 402 g/mol. The summed E-state index contributed by atoms with van der Waals surface area (Å²) >= 11 is 0. The second-order valence-corrected chi connectivity index (χ2v) is 8.37. The van der Waals surface area contributed by atoms with Crippen LogP contribution in [0.1, 0.15) is 41.6 Å². The van der Waals surface area contributed by atoms with Gasteiger partial charge in [0.15, 0.2) is 0 Å². The van der Waals surface area contributed by atoms with Gasteiger partial charge in [0, 0.05) is 18.5 Å². The molecule has 0 unspecified atom stereocenters. The highest BCUT2D eigenvalue weighted by molar-refractivity contribution is 7.90. The van der Waals surface area contributed by atoms with Crippen molar-refractivity contribution in [3.8, 4) is 0 Å². The van der Waals surface area contributed by atoms with E-state index in [9.17, 15) is 17.6 Å². The summed E-state index contributed by atoms with van der Waals surface area (Å²) in [6.45, 7) is 0.461. The molecule has 2 aromatic carbocycles. The van der Waals surface area contributed by atoms with E-state index < -0.39 is 21.8 Å². The molecule has 0 amide bonds. The molecule has 0 spiro atoms. The van der Waals surface area contributed by atoms with E-state index in [1.807, 2.05) is 4.90 Å². The van der Waals surface area contributed by atoms with E-state index in [1.54, 1.807) is 18.2 Å². The molecule has 2 aliphatic rings. The summed E-state index contributed by atoms with van der Waals surface area (Å²) in [6, 6.07) is 10.4. The fourth-order valence-electron chi connectivity index (χ4n) is 3.45. The van der Waals surface area contributed by atoms with Gasteiger partial charge in [0.1, 0.15) is 23.2 Å². The van der Waals surface area contributed by atoms with Crippen molar-refractivity contribution >= 4 is 27.5 Å². The highest BCUT2D eigenvalue weighted by atomic mass is 32.2. The zero-order valence-electron chi connectivity index (χ0n) is 15.1. The molecular weight excluding hydrogens is 383 g/mol. The lowest BCUT2D eigenvalue weighted by Gasteiger charge is -2.29. The fraction of sp³-hybridized carbons (Fsp3) is 0.300. The Bertz CT molecular complexity index is 1070. The van der Waals surface area contributed by atoms with Crippen LogP contribution >= 0.6 is 0 Å². The van der Waals surface area contributed by atoms with Crippen molar-refractivity contribution in [1.29, 1.82) is 0 Å². The Morgan fingerprint density at radius 1 is 1.14 bits per heavy atom. The number of hydrogen-bond acceptors (Lipinski definition) is 5. The molecule has 2 heterocycles. The van der Waals surface area contributed by atoms with E-state index >= 15 is 0 Å². The van der Waals surface area contributed by atoms with Gasteiger partial charge in [-0.15, -0.1) is 4.40 Å². The molecule has 28 heavy (non-hydrogen) atoms. The molecule has 4 rings (SSSR count). The Hall–Kier alpha value is -2.74. The van der Waals surface area contributed by atoms with Crippen LogP contribution in [0.4, 0.5) is 10.1 Å². The third kappa shape index (κ3) is 3.52. The highest BCUT2D eigenvalue weighted by Crippen LogP contribution is 2.35. The van der Waals surface area contributed by atoms with Crippen molar-refractivity contribution in [2.24, 2.45) is 4.40 Å². The van der Waals surface area contributed by atoms with Gasteiger partial charge in [0.05, 0.1) is 11.3 Å². The number of benzene rings is 2. The Labute approximate surface area is 162 Å². The Balaban J connectivity index is 1.61. The molecule has 146 valence electrons. The number of esters is 1. The third-order valence-corrected chi connectivity index (χ3v) is 6.23. The lowest BCUT2D eigenvalue weighted by Crippen LogP contribution is -2.35. The summed E-state index contributed by atoms with van der Waals surface area (Å²) in [5.74, 6) is -0.627. The van der Waals surface area contributed by atoms with Crippen LogP contribution in [0.2, 0.25) is 0 Å². The number of ether oxygens (including phenoxy) is 1. The third-order valence-electron chi connectivity index (χ3n) is 4.90. The first-order valence-corrected chi connectivity index (χ1v) is 10.6. The summed E-state index contributed by atoms with van der Waals surface area (Å²) in [6.07, 6.45) is 3.49. The smallest absolute Gasteiger partial charge is 0.338 e. The van der Waals surface area contributed by atoms with Gasteiger partial charge in [-0.3, -0.25) is 0 Å². The van der Waals surface area contributed by atoms with E-state index in [1.165, 1.54) is 24.3 Å². The van der Waals surface area contributed by atoms with Crippen molar-refractivity contribution in [1.82, 2.24) is 0 Å². The quantitative estimate of drug-likeness (QED) is 0.733. The van der Waals surface area contributed by atoms with Crippen LogP contribution in [0.25, 0.3) is 0 Å². The molecule has 6 nitrogen and oxygen atoms in total. The lowest BCUT2D eigenvalue weighted by atomic mass is 10.1. The number of hydrogen-bond donors (Lipinski definition) is 0. The number of anilines is 1. The molecular formula is C20H19FN2O4S. The Kier molecular flexibility index (Phi) is 4.89. The van der Waals surface area contributed by atoms with Gasteiger partial charge >= 0.3 is 5.97 Å². The Morgan fingerprint density at radius 2 is 1.96 bits per heavy atom. The van der Waals surface area contributed by atoms with Crippen LogP contribution in [-0.2, 0) is 21.4 Å². The molecule has 1 saturated heterocycles. The maximum Gasteiger partial charge on any atom is 0.338 e. The highest BCUT2D eigenvalue weighted by Gasteiger charge is 2.32. The van der Waals surface area contributed by atoms with E-state index in [0.29, 0.717) is 24.5 Å². The second-order valence-electron chi connectivity index (χ2n) is 6.79. The summed E-state index contributed by atoms with van der Waals surface area (Å²) < 4.78 is 48.0. The minimum atomic E-state index is -3.88. The molecule has 2 aromatic rings. The standard InChI is InChI=1S/C20H19FN2O4S/c21-16-7-4-3-6-15(16)13-27-20(24)14-9-10-17-18(12-14)28(25,26)22-19-8-2-1-5-11-23(17)19/h3-4,6-7,9-10,12H,1-2,5,8,11,13H2. The maximum atomic E-state index is 13.7. The van der Waals surface area contributed by atoms with Crippen molar-refractivity contribution < 1.29 is 22.3 Å². The summed E-state index contributed by atoms with van der Waals surface area (Å²) in [5, 5.41) is 0. The first kappa shape index (κ1) is 18.6. The minimum Gasteiger partial charge on any atom is -0.457 e. The molecule has 0 saturated carbocycles. The molecule has 0 radical (unpaired) electrons. The van der Waals surface area contributed by atoms with Crippen LogP contribution < -0.4 is 4.90 Å². The van der Waals surface area contributed by atoms with E-state index in [0.717, 1.165) is 19.3 Å². The first-order chi connectivity index (χ1) is 13.5. The minimum absolute atomic E-state index is 0.00140. The van der Waals surface area contributed by atoms with Crippen molar-refractivity contribution in [2.75, 3.05) is 11.4 Å². The van der Waals surface area contributed by atoms with Gasteiger partial charge in [-0.2, -0.15) is 8.42 Å². The van der Waals surface area contributed by atoms with Gasteiger partial charge in [-0.1, -0.05) is 24.6 Å². The predicted octanol–water partition coefficient (Wildman–Crippen LogP) is 3.66.